The van der Waals surface area contributed by atoms with Gasteiger partial charge in [-0.25, -0.2) is 0 Å². The van der Waals surface area contributed by atoms with E-state index in [1.165, 1.54) is 24.8 Å². The topological polar surface area (TPSA) is 26.0 Å². The Bertz CT molecular complexity index is 114. The molecule has 0 aliphatic carbocycles. The van der Waals surface area contributed by atoms with Crippen LogP contribution in [-0.4, -0.2) is 6.04 Å². The molecule has 0 saturated carbocycles. The second kappa shape index (κ2) is 6.41. The highest BCUT2D eigenvalue weighted by Crippen LogP contribution is 2.10. The van der Waals surface area contributed by atoms with E-state index in [1.54, 1.807) is 0 Å². The lowest BCUT2D eigenvalue weighted by atomic mass is 10.0. The number of nitrogens with two attached hydrogens (primary N) is 1. The van der Waals surface area contributed by atoms with Crippen molar-refractivity contribution in [2.45, 2.75) is 52.5 Å². The molecule has 0 amide bonds. The van der Waals surface area contributed by atoms with Crippen LogP contribution in [0.5, 0.6) is 0 Å². The first-order valence-electron chi connectivity index (χ1n) is 4.66. The molecule has 1 nitrogen and oxygen atoms in total. The van der Waals surface area contributed by atoms with Crippen molar-refractivity contribution in [1.82, 2.24) is 0 Å². The highest BCUT2D eigenvalue weighted by molar-refractivity contribution is 5.08. The van der Waals surface area contributed by atoms with Gasteiger partial charge in [-0.2, -0.15) is 0 Å². The number of allylic oxidation sites excluding steroid dienone is 1. The van der Waals surface area contributed by atoms with Crippen molar-refractivity contribution >= 4 is 0 Å². The molecule has 2 N–H and O–H groups in total. The summed E-state index contributed by atoms with van der Waals surface area (Å²) in [5.41, 5.74) is 7.22. The summed E-state index contributed by atoms with van der Waals surface area (Å²) in [5, 5.41) is 0. The number of hydrogen-bond donors (Lipinski definition) is 1. The minimum absolute atomic E-state index is 0.251. The predicted molar refractivity (Wildman–Crippen MR) is 51.5 cm³/mol. The maximum atomic E-state index is 5.80. The van der Waals surface area contributed by atoms with Crippen LogP contribution in [-0.2, 0) is 0 Å². The van der Waals surface area contributed by atoms with E-state index >= 15 is 0 Å². The molecule has 0 bridgehead atoms. The van der Waals surface area contributed by atoms with Gasteiger partial charge in [0.05, 0.1) is 0 Å². The molecule has 0 rings (SSSR count). The molecule has 66 valence electrons. The summed E-state index contributed by atoms with van der Waals surface area (Å²) in [6, 6.07) is 0.251. The fourth-order valence-electron chi connectivity index (χ4n) is 1.16. The molecule has 0 radical (unpaired) electrons. The van der Waals surface area contributed by atoms with E-state index in [9.17, 15) is 0 Å². The highest BCUT2D eigenvalue weighted by Gasteiger charge is 2.00. The molecule has 0 fully saturated rings. The predicted octanol–water partition coefficient (Wildman–Crippen LogP) is 2.86. The largest absolute Gasteiger partial charge is 0.324 e. The molecule has 11 heavy (non-hydrogen) atoms. The van der Waals surface area contributed by atoms with Crippen LogP contribution in [0.15, 0.2) is 11.6 Å². The summed E-state index contributed by atoms with van der Waals surface area (Å²) in [7, 11) is 0. The lowest BCUT2D eigenvalue weighted by molar-refractivity contribution is 0.716. The van der Waals surface area contributed by atoms with Gasteiger partial charge in [0.2, 0.25) is 0 Å². The van der Waals surface area contributed by atoms with Crippen LogP contribution in [0.4, 0.5) is 0 Å². The lowest BCUT2D eigenvalue weighted by Gasteiger charge is -2.10. The van der Waals surface area contributed by atoms with Crippen LogP contribution >= 0.6 is 0 Å². The van der Waals surface area contributed by atoms with E-state index in [0.29, 0.717) is 0 Å². The molecule has 0 aliphatic heterocycles. The Balaban J connectivity index is 3.80. The molecule has 0 aliphatic rings. The van der Waals surface area contributed by atoms with Gasteiger partial charge in [-0.1, -0.05) is 31.9 Å². The van der Waals surface area contributed by atoms with Crippen molar-refractivity contribution in [2.75, 3.05) is 0 Å². The minimum atomic E-state index is 0.251. The smallest absolute Gasteiger partial charge is 0.0224 e. The number of hydrogen-bond acceptors (Lipinski definition) is 1. The summed E-state index contributed by atoms with van der Waals surface area (Å²) in [6.45, 7) is 6.44. The Hall–Kier alpha value is -0.300. The van der Waals surface area contributed by atoms with Gasteiger partial charge >= 0.3 is 0 Å². The van der Waals surface area contributed by atoms with Gasteiger partial charge in [-0.3, -0.25) is 0 Å². The monoisotopic (exact) mass is 155 g/mol. The van der Waals surface area contributed by atoms with Crippen LogP contribution in [0.25, 0.3) is 0 Å². The molecule has 0 aromatic heterocycles. The molecule has 0 spiro atoms. The number of rotatable bonds is 5. The Morgan fingerprint density at radius 3 is 2.45 bits per heavy atom. The second-order valence-electron chi connectivity index (χ2n) is 3.08. The Morgan fingerprint density at radius 1 is 1.45 bits per heavy atom. The van der Waals surface area contributed by atoms with Gasteiger partial charge in [0.15, 0.2) is 0 Å². The molecule has 1 heteroatoms. The van der Waals surface area contributed by atoms with Crippen LogP contribution in [0.2, 0.25) is 0 Å². The third-order valence-corrected chi connectivity index (χ3v) is 1.87. The first-order chi connectivity index (χ1) is 5.22. The fraction of sp³-hybridized carbons (Fsp3) is 0.800. The van der Waals surface area contributed by atoms with Crippen molar-refractivity contribution in [1.29, 1.82) is 0 Å². The molecule has 0 aromatic rings. The van der Waals surface area contributed by atoms with Crippen molar-refractivity contribution < 1.29 is 0 Å². The van der Waals surface area contributed by atoms with Gasteiger partial charge in [0.25, 0.3) is 0 Å². The van der Waals surface area contributed by atoms with Gasteiger partial charge in [0, 0.05) is 6.04 Å². The van der Waals surface area contributed by atoms with Gasteiger partial charge in [0.1, 0.15) is 0 Å². The van der Waals surface area contributed by atoms with Crippen LogP contribution in [0.1, 0.15) is 46.5 Å². The summed E-state index contributed by atoms with van der Waals surface area (Å²) in [5.74, 6) is 0. The highest BCUT2D eigenvalue weighted by atomic mass is 14.6. The SMILES string of the molecule is CCC=C(CCCC)C(C)N. The van der Waals surface area contributed by atoms with Gasteiger partial charge in [-0.15, -0.1) is 0 Å². The van der Waals surface area contributed by atoms with E-state index in [1.807, 2.05) is 0 Å². The summed E-state index contributed by atoms with van der Waals surface area (Å²) >= 11 is 0. The van der Waals surface area contributed by atoms with Crippen LogP contribution < -0.4 is 5.73 Å². The van der Waals surface area contributed by atoms with Crippen molar-refractivity contribution in [3.8, 4) is 0 Å². The van der Waals surface area contributed by atoms with Crippen molar-refractivity contribution in [2.24, 2.45) is 5.73 Å². The number of unbranched alkanes of at least 4 members (excludes halogenated alkanes) is 1. The first-order valence-corrected chi connectivity index (χ1v) is 4.66. The van der Waals surface area contributed by atoms with E-state index < -0.39 is 0 Å². The second-order valence-corrected chi connectivity index (χ2v) is 3.08. The van der Waals surface area contributed by atoms with E-state index in [0.717, 1.165) is 6.42 Å². The van der Waals surface area contributed by atoms with E-state index in [-0.39, 0.29) is 6.04 Å². The summed E-state index contributed by atoms with van der Waals surface area (Å²) in [6.07, 6.45) is 7.09. The van der Waals surface area contributed by atoms with Crippen molar-refractivity contribution in [3.05, 3.63) is 11.6 Å². The molecule has 0 saturated heterocycles. The zero-order valence-electron chi connectivity index (χ0n) is 8.06. The molecule has 1 unspecified atom stereocenters. The first kappa shape index (κ1) is 10.7. The molecular weight excluding hydrogens is 134 g/mol. The van der Waals surface area contributed by atoms with Gasteiger partial charge in [-0.05, 0) is 26.2 Å². The average molecular weight is 155 g/mol. The third-order valence-electron chi connectivity index (χ3n) is 1.87. The molecular formula is C10H21N. The Kier molecular flexibility index (Phi) is 6.24. The fourth-order valence-corrected chi connectivity index (χ4v) is 1.16. The zero-order valence-corrected chi connectivity index (χ0v) is 8.06. The van der Waals surface area contributed by atoms with Crippen LogP contribution in [0.3, 0.4) is 0 Å². The maximum Gasteiger partial charge on any atom is 0.0224 e. The summed E-state index contributed by atoms with van der Waals surface area (Å²) < 4.78 is 0. The zero-order chi connectivity index (χ0) is 8.69. The molecule has 0 aromatic carbocycles. The normalized spacial score (nSPS) is 15.1. The maximum absolute atomic E-state index is 5.80. The average Bonchev–Trinajstić information content (AvgIpc) is 1.97. The van der Waals surface area contributed by atoms with Crippen LogP contribution in [0, 0.1) is 0 Å². The van der Waals surface area contributed by atoms with Crippen molar-refractivity contribution in [3.63, 3.8) is 0 Å². The third kappa shape index (κ3) is 5.02. The standard InChI is InChI=1S/C10H21N/c1-4-6-8-10(7-5-2)9(3)11/h7,9H,4-6,8,11H2,1-3H3. The molecule has 1 atom stereocenters. The molecule has 0 heterocycles. The van der Waals surface area contributed by atoms with E-state index in [2.05, 4.69) is 26.8 Å². The quantitative estimate of drug-likeness (QED) is 0.607. The van der Waals surface area contributed by atoms with Gasteiger partial charge < -0.3 is 5.73 Å². The Labute approximate surface area is 70.7 Å². The Morgan fingerprint density at radius 2 is 2.09 bits per heavy atom. The summed E-state index contributed by atoms with van der Waals surface area (Å²) in [4.78, 5) is 0. The van der Waals surface area contributed by atoms with E-state index in [4.69, 9.17) is 5.73 Å². The minimum Gasteiger partial charge on any atom is -0.324 e. The lowest BCUT2D eigenvalue weighted by Crippen LogP contribution is -2.17.